The highest BCUT2D eigenvalue weighted by Gasteiger charge is 2.28. The van der Waals surface area contributed by atoms with E-state index in [-0.39, 0.29) is 24.6 Å². The van der Waals surface area contributed by atoms with Crippen molar-refractivity contribution >= 4 is 27.5 Å². The van der Waals surface area contributed by atoms with Gasteiger partial charge in [-0.3, -0.25) is 13.9 Å². The third-order valence-electron chi connectivity index (χ3n) is 5.32. The number of aromatic nitrogens is 2. The van der Waals surface area contributed by atoms with Crippen molar-refractivity contribution in [1.29, 1.82) is 0 Å². The zero-order valence-electron chi connectivity index (χ0n) is 17.6. The number of carbonyl (C=O) groups is 2. The van der Waals surface area contributed by atoms with Gasteiger partial charge < -0.3 is 4.74 Å². The van der Waals surface area contributed by atoms with E-state index < -0.39 is 16.0 Å². The first kappa shape index (κ1) is 21.8. The van der Waals surface area contributed by atoms with Crippen LogP contribution in [0.5, 0.6) is 0 Å². The van der Waals surface area contributed by atoms with Gasteiger partial charge in [0.05, 0.1) is 29.7 Å². The van der Waals surface area contributed by atoms with Crippen molar-refractivity contribution in [3.8, 4) is 5.69 Å². The van der Waals surface area contributed by atoms with E-state index >= 15 is 0 Å². The topological polar surface area (TPSA) is 98.6 Å². The lowest BCUT2D eigenvalue weighted by atomic mass is 10.1. The summed E-state index contributed by atoms with van der Waals surface area (Å²) in [5.41, 5.74) is 3.36. The minimum Gasteiger partial charge on any atom is -0.457 e. The van der Waals surface area contributed by atoms with E-state index in [4.69, 9.17) is 4.74 Å². The van der Waals surface area contributed by atoms with Crippen LogP contribution in [0.3, 0.4) is 0 Å². The quantitative estimate of drug-likeness (QED) is 0.384. The Morgan fingerprint density at radius 3 is 2.66 bits per heavy atom. The first-order valence-corrected chi connectivity index (χ1v) is 11.9. The Morgan fingerprint density at radius 2 is 1.91 bits per heavy atom. The number of carbonyl (C=O) groups excluding carboxylic acids is 2. The van der Waals surface area contributed by atoms with Crippen molar-refractivity contribution in [1.82, 2.24) is 9.78 Å². The van der Waals surface area contributed by atoms with E-state index in [9.17, 15) is 18.0 Å². The number of sulfonamides is 1. The minimum absolute atomic E-state index is 0.00807. The van der Waals surface area contributed by atoms with Gasteiger partial charge in [0.25, 0.3) is 0 Å². The maximum Gasteiger partial charge on any atom is 0.310 e. The molecule has 0 bridgehead atoms. The van der Waals surface area contributed by atoms with E-state index in [0.29, 0.717) is 29.8 Å². The van der Waals surface area contributed by atoms with Crippen LogP contribution in [0.25, 0.3) is 5.69 Å². The second kappa shape index (κ2) is 8.96. The highest BCUT2D eigenvalue weighted by Crippen LogP contribution is 2.31. The van der Waals surface area contributed by atoms with Gasteiger partial charge in [-0.25, -0.2) is 13.1 Å². The molecular formula is C23H23N3O5S. The maximum atomic E-state index is 12.5. The van der Waals surface area contributed by atoms with Crippen molar-refractivity contribution in [2.45, 2.75) is 19.8 Å². The number of rotatable bonds is 8. The summed E-state index contributed by atoms with van der Waals surface area (Å²) >= 11 is 0. The van der Waals surface area contributed by atoms with Crippen molar-refractivity contribution in [2.75, 3.05) is 23.2 Å². The Morgan fingerprint density at radius 1 is 1.12 bits per heavy atom. The van der Waals surface area contributed by atoms with Crippen LogP contribution in [0, 0.1) is 0 Å². The van der Waals surface area contributed by atoms with Crippen molar-refractivity contribution in [2.24, 2.45) is 0 Å². The molecule has 1 aromatic heterocycles. The van der Waals surface area contributed by atoms with Gasteiger partial charge in [-0.1, -0.05) is 18.2 Å². The normalized spacial score (nSPS) is 13.1. The van der Waals surface area contributed by atoms with Crippen LogP contribution in [0.2, 0.25) is 0 Å². The van der Waals surface area contributed by atoms with Gasteiger partial charge in [-0.2, -0.15) is 5.10 Å². The zero-order chi connectivity index (χ0) is 22.7. The van der Waals surface area contributed by atoms with Crippen LogP contribution in [0.15, 0.2) is 60.9 Å². The van der Waals surface area contributed by atoms with Gasteiger partial charge in [-0.15, -0.1) is 0 Å². The number of esters is 1. The molecule has 0 saturated carbocycles. The summed E-state index contributed by atoms with van der Waals surface area (Å²) in [6.07, 6.45) is 3.89. The van der Waals surface area contributed by atoms with Crippen LogP contribution in [-0.2, 0) is 32.4 Å². The summed E-state index contributed by atoms with van der Waals surface area (Å²) in [5, 5.41) is 4.24. The molecule has 2 heterocycles. The van der Waals surface area contributed by atoms with Crippen LogP contribution in [0.4, 0.5) is 5.69 Å². The van der Waals surface area contributed by atoms with Crippen LogP contribution in [-0.4, -0.2) is 48.9 Å². The number of para-hydroxylation sites is 1. The summed E-state index contributed by atoms with van der Waals surface area (Å²) in [6.45, 7) is 1.60. The molecule has 0 fully saturated rings. The summed E-state index contributed by atoms with van der Waals surface area (Å²) < 4.78 is 32.6. The second-order valence-electron chi connectivity index (χ2n) is 7.46. The summed E-state index contributed by atoms with van der Waals surface area (Å²) in [7, 11) is -3.34. The van der Waals surface area contributed by atoms with Gasteiger partial charge in [0, 0.05) is 23.9 Å². The Bertz CT molecular complexity index is 1250. The Hall–Kier alpha value is -3.46. The monoisotopic (exact) mass is 453 g/mol. The molecular weight excluding hydrogens is 430 g/mol. The molecule has 0 saturated heterocycles. The molecule has 0 radical (unpaired) electrons. The number of fused-ring (bicyclic) bond motifs is 1. The summed E-state index contributed by atoms with van der Waals surface area (Å²) in [5.74, 6) is -0.835. The number of anilines is 1. The number of benzene rings is 2. The van der Waals surface area contributed by atoms with Crippen LogP contribution >= 0.6 is 0 Å². The molecule has 1 aliphatic heterocycles. The van der Waals surface area contributed by atoms with E-state index in [1.807, 2.05) is 30.3 Å². The molecule has 0 amide bonds. The molecule has 4 rings (SSSR count). The van der Waals surface area contributed by atoms with Gasteiger partial charge in [0.15, 0.2) is 12.4 Å². The molecule has 2 aromatic carbocycles. The van der Waals surface area contributed by atoms with Crippen molar-refractivity contribution in [3.05, 3.63) is 77.6 Å². The van der Waals surface area contributed by atoms with Crippen molar-refractivity contribution < 1.29 is 22.7 Å². The van der Waals surface area contributed by atoms with Crippen LogP contribution < -0.4 is 4.31 Å². The maximum absolute atomic E-state index is 12.5. The summed E-state index contributed by atoms with van der Waals surface area (Å²) in [4.78, 5) is 24.7. The molecule has 166 valence electrons. The molecule has 9 heteroatoms. The number of ketones is 1. The lowest BCUT2D eigenvalue weighted by molar-refractivity contribution is -0.141. The minimum atomic E-state index is -3.34. The van der Waals surface area contributed by atoms with E-state index in [1.54, 1.807) is 42.2 Å². The third-order valence-corrected chi connectivity index (χ3v) is 7.10. The van der Waals surface area contributed by atoms with E-state index in [1.165, 1.54) is 4.31 Å². The zero-order valence-corrected chi connectivity index (χ0v) is 18.4. The van der Waals surface area contributed by atoms with Gasteiger partial charge in [-0.05, 0) is 49.2 Å². The molecule has 0 spiro atoms. The van der Waals surface area contributed by atoms with Gasteiger partial charge in [0.1, 0.15) is 0 Å². The van der Waals surface area contributed by atoms with E-state index in [0.717, 1.165) is 11.3 Å². The standard InChI is InChI=1S/C23H23N3O5S/c1-2-32(29,30)26-11-10-18-13-19(8-9-21(18)26)22(27)16-31-23(28)12-17-14-24-25(15-17)20-6-4-3-5-7-20/h3-9,13-15H,2,10-12,16H2,1H3. The smallest absolute Gasteiger partial charge is 0.310 e. The summed E-state index contributed by atoms with van der Waals surface area (Å²) in [6, 6.07) is 14.4. The SMILES string of the molecule is CCS(=O)(=O)N1CCc2cc(C(=O)COC(=O)Cc3cnn(-c4ccccc4)c3)ccc21. The number of hydrogen-bond acceptors (Lipinski definition) is 6. The Labute approximate surface area is 186 Å². The Kier molecular flexibility index (Phi) is 6.09. The average Bonchev–Trinajstić information content (AvgIpc) is 3.45. The van der Waals surface area contributed by atoms with E-state index in [2.05, 4.69) is 5.10 Å². The number of Topliss-reactive ketones (excluding diaryl/α,β-unsaturated/α-hetero) is 1. The lowest BCUT2D eigenvalue weighted by Crippen LogP contribution is -2.30. The second-order valence-corrected chi connectivity index (χ2v) is 9.64. The fourth-order valence-electron chi connectivity index (χ4n) is 3.61. The molecule has 8 nitrogen and oxygen atoms in total. The molecule has 0 N–H and O–H groups in total. The highest BCUT2D eigenvalue weighted by atomic mass is 32.2. The van der Waals surface area contributed by atoms with Gasteiger partial charge in [0.2, 0.25) is 10.0 Å². The number of ether oxygens (including phenoxy) is 1. The Balaban J connectivity index is 1.34. The number of nitrogens with zero attached hydrogens (tertiary/aromatic N) is 3. The predicted molar refractivity (Wildman–Crippen MR) is 120 cm³/mol. The number of hydrogen-bond donors (Lipinski definition) is 0. The molecule has 0 aliphatic carbocycles. The molecule has 0 atom stereocenters. The fraction of sp³-hybridized carbons (Fsp3) is 0.261. The van der Waals surface area contributed by atoms with Crippen molar-refractivity contribution in [3.63, 3.8) is 0 Å². The first-order valence-electron chi connectivity index (χ1n) is 10.3. The van der Waals surface area contributed by atoms with Crippen LogP contribution in [0.1, 0.15) is 28.4 Å². The first-order chi connectivity index (χ1) is 15.4. The average molecular weight is 454 g/mol. The lowest BCUT2D eigenvalue weighted by Gasteiger charge is -2.18. The predicted octanol–water partition coefficient (Wildman–Crippen LogP) is 2.55. The molecule has 0 unspecified atom stereocenters. The largest absolute Gasteiger partial charge is 0.457 e. The molecule has 1 aliphatic rings. The highest BCUT2D eigenvalue weighted by molar-refractivity contribution is 7.92. The van der Waals surface area contributed by atoms with Gasteiger partial charge >= 0.3 is 5.97 Å². The molecule has 3 aromatic rings. The molecule has 32 heavy (non-hydrogen) atoms. The fourth-order valence-corrected chi connectivity index (χ4v) is 4.77. The third kappa shape index (κ3) is 4.57.